The van der Waals surface area contributed by atoms with Gasteiger partial charge in [-0.15, -0.1) is 0 Å². The number of aryl methyl sites for hydroxylation is 1. The molecular formula is C23H26N2O5. The van der Waals surface area contributed by atoms with Gasteiger partial charge in [0.15, 0.2) is 5.75 Å². The highest BCUT2D eigenvalue weighted by Crippen LogP contribution is 2.45. The van der Waals surface area contributed by atoms with Crippen LogP contribution in [0.25, 0.3) is 0 Å². The molecule has 2 N–H and O–H groups in total. The molecule has 1 saturated heterocycles. The van der Waals surface area contributed by atoms with Crippen LogP contribution in [0.2, 0.25) is 0 Å². The molecule has 7 nitrogen and oxygen atoms in total. The minimum atomic E-state index is -1.26. The van der Waals surface area contributed by atoms with Crippen LogP contribution in [-0.2, 0) is 9.59 Å². The average molecular weight is 410 g/mol. The number of aliphatic carboxylic acids is 2. The SMILES string of the molecule is Cc1ccc2c(c1)C1CN(C)CCCN1c1ccccc1O2.O=C(O)/C=C\C(=O)O. The lowest BCUT2D eigenvalue weighted by atomic mass is 10.0. The Morgan fingerprint density at radius 2 is 1.73 bits per heavy atom. The van der Waals surface area contributed by atoms with Gasteiger partial charge >= 0.3 is 11.9 Å². The molecule has 158 valence electrons. The topological polar surface area (TPSA) is 90.3 Å². The molecule has 1 atom stereocenters. The summed E-state index contributed by atoms with van der Waals surface area (Å²) in [4.78, 5) is 24.1. The molecule has 2 aliphatic heterocycles. The van der Waals surface area contributed by atoms with E-state index in [2.05, 4.69) is 66.2 Å². The van der Waals surface area contributed by atoms with Crippen LogP contribution in [-0.4, -0.2) is 53.7 Å². The second-order valence-corrected chi connectivity index (χ2v) is 7.45. The summed E-state index contributed by atoms with van der Waals surface area (Å²) in [5.41, 5.74) is 3.82. The van der Waals surface area contributed by atoms with E-state index in [1.807, 2.05) is 0 Å². The Balaban J connectivity index is 0.000000275. The average Bonchev–Trinajstić information content (AvgIpc) is 2.96. The second kappa shape index (κ2) is 9.45. The number of benzene rings is 2. The molecule has 1 fully saturated rings. The van der Waals surface area contributed by atoms with E-state index in [0.717, 1.165) is 31.1 Å². The van der Waals surface area contributed by atoms with Crippen LogP contribution in [0.1, 0.15) is 23.6 Å². The molecule has 0 saturated carbocycles. The van der Waals surface area contributed by atoms with Crippen molar-refractivity contribution in [3.8, 4) is 11.5 Å². The van der Waals surface area contributed by atoms with E-state index >= 15 is 0 Å². The molecule has 0 radical (unpaired) electrons. The van der Waals surface area contributed by atoms with E-state index in [1.165, 1.54) is 23.2 Å². The predicted molar refractivity (Wildman–Crippen MR) is 114 cm³/mol. The summed E-state index contributed by atoms with van der Waals surface area (Å²) in [5, 5.41) is 15.6. The zero-order valence-corrected chi connectivity index (χ0v) is 17.1. The molecule has 2 aliphatic rings. The van der Waals surface area contributed by atoms with Crippen molar-refractivity contribution in [2.45, 2.75) is 19.4 Å². The van der Waals surface area contributed by atoms with Crippen molar-refractivity contribution in [3.05, 3.63) is 65.7 Å². The van der Waals surface area contributed by atoms with Crippen LogP contribution in [0.15, 0.2) is 54.6 Å². The van der Waals surface area contributed by atoms with Crippen LogP contribution in [0.3, 0.4) is 0 Å². The largest absolute Gasteiger partial charge is 0.478 e. The van der Waals surface area contributed by atoms with Crippen molar-refractivity contribution < 1.29 is 24.5 Å². The molecule has 2 aromatic rings. The van der Waals surface area contributed by atoms with Crippen molar-refractivity contribution in [2.75, 3.05) is 31.6 Å². The Morgan fingerprint density at radius 1 is 1.03 bits per heavy atom. The normalized spacial score (nSPS) is 17.9. The van der Waals surface area contributed by atoms with E-state index in [0.29, 0.717) is 18.2 Å². The molecule has 0 amide bonds. The van der Waals surface area contributed by atoms with Crippen LogP contribution in [0.5, 0.6) is 11.5 Å². The molecule has 7 heteroatoms. The summed E-state index contributed by atoms with van der Waals surface area (Å²) in [5.74, 6) is -0.541. The molecule has 2 aromatic carbocycles. The lowest BCUT2D eigenvalue weighted by Crippen LogP contribution is -2.32. The predicted octanol–water partition coefficient (Wildman–Crippen LogP) is 3.70. The van der Waals surface area contributed by atoms with Crippen molar-refractivity contribution in [3.63, 3.8) is 0 Å². The summed E-state index contributed by atoms with van der Waals surface area (Å²) >= 11 is 0. The smallest absolute Gasteiger partial charge is 0.328 e. The van der Waals surface area contributed by atoms with Crippen LogP contribution < -0.4 is 9.64 Å². The van der Waals surface area contributed by atoms with Crippen molar-refractivity contribution in [1.82, 2.24) is 4.90 Å². The summed E-state index contributed by atoms with van der Waals surface area (Å²) < 4.78 is 6.27. The number of ether oxygens (including phenoxy) is 1. The highest BCUT2D eigenvalue weighted by atomic mass is 16.5. The summed E-state index contributed by atoms with van der Waals surface area (Å²) in [6, 6.07) is 15.3. The Hall–Kier alpha value is -3.32. The van der Waals surface area contributed by atoms with Gasteiger partial charge < -0.3 is 24.7 Å². The first kappa shape index (κ1) is 21.4. The zero-order chi connectivity index (χ0) is 21.7. The van der Waals surface area contributed by atoms with Gasteiger partial charge in [0.2, 0.25) is 0 Å². The van der Waals surface area contributed by atoms with Crippen LogP contribution >= 0.6 is 0 Å². The summed E-state index contributed by atoms with van der Waals surface area (Å²) in [7, 11) is 2.22. The van der Waals surface area contributed by atoms with Gasteiger partial charge in [-0.05, 0) is 45.1 Å². The van der Waals surface area contributed by atoms with E-state index in [9.17, 15) is 9.59 Å². The van der Waals surface area contributed by atoms with Gasteiger partial charge in [0.25, 0.3) is 0 Å². The Bertz CT molecular complexity index is 940. The number of para-hydroxylation sites is 2. The standard InChI is InChI=1S/C19H22N2O.C4H4O4/c1-14-8-9-18-15(12-14)17-13-20(2)10-5-11-21(17)16-6-3-4-7-19(16)22-18;5-3(6)1-2-4(7)8/h3-4,6-9,12,17H,5,10-11,13H2,1-2H3;1-2H,(H,5,6)(H,7,8)/b;2-1-. The fourth-order valence-electron chi connectivity index (χ4n) is 3.77. The maximum atomic E-state index is 9.55. The van der Waals surface area contributed by atoms with Gasteiger partial charge in [-0.3, -0.25) is 0 Å². The lowest BCUT2D eigenvalue weighted by molar-refractivity contribution is -0.134. The summed E-state index contributed by atoms with van der Waals surface area (Å²) in [6.07, 6.45) is 2.30. The molecular weight excluding hydrogens is 384 g/mol. The number of nitrogens with zero attached hydrogens (tertiary/aromatic N) is 2. The zero-order valence-electron chi connectivity index (χ0n) is 17.1. The first-order chi connectivity index (χ1) is 14.3. The highest BCUT2D eigenvalue weighted by molar-refractivity contribution is 5.89. The van der Waals surface area contributed by atoms with E-state index in [-0.39, 0.29) is 0 Å². The van der Waals surface area contributed by atoms with Crippen molar-refractivity contribution >= 4 is 17.6 Å². The Morgan fingerprint density at radius 3 is 2.43 bits per heavy atom. The maximum Gasteiger partial charge on any atom is 0.328 e. The first-order valence-corrected chi connectivity index (χ1v) is 9.81. The molecule has 2 heterocycles. The number of hydrogen-bond acceptors (Lipinski definition) is 5. The number of fused-ring (bicyclic) bond motifs is 5. The molecule has 4 rings (SSSR count). The molecule has 30 heavy (non-hydrogen) atoms. The first-order valence-electron chi connectivity index (χ1n) is 9.81. The summed E-state index contributed by atoms with van der Waals surface area (Å²) in [6.45, 7) is 5.41. The highest BCUT2D eigenvalue weighted by Gasteiger charge is 2.32. The maximum absolute atomic E-state index is 9.55. The lowest BCUT2D eigenvalue weighted by Gasteiger charge is -2.32. The number of carbonyl (C=O) groups is 2. The minimum absolute atomic E-state index is 0.353. The molecule has 1 unspecified atom stereocenters. The van der Waals surface area contributed by atoms with Gasteiger partial charge in [-0.2, -0.15) is 0 Å². The second-order valence-electron chi connectivity index (χ2n) is 7.45. The third-order valence-corrected chi connectivity index (χ3v) is 5.09. The number of anilines is 1. The Labute approximate surface area is 175 Å². The number of likely N-dealkylation sites (N-methyl/N-ethyl adjacent to an activating group) is 1. The van der Waals surface area contributed by atoms with Crippen LogP contribution in [0, 0.1) is 6.92 Å². The monoisotopic (exact) mass is 410 g/mol. The number of rotatable bonds is 2. The Kier molecular flexibility index (Phi) is 6.74. The third kappa shape index (κ3) is 5.18. The van der Waals surface area contributed by atoms with Crippen molar-refractivity contribution in [2.24, 2.45) is 0 Å². The fourth-order valence-corrected chi connectivity index (χ4v) is 3.77. The van der Waals surface area contributed by atoms with Crippen LogP contribution in [0.4, 0.5) is 5.69 Å². The number of carboxylic acids is 2. The molecule has 0 aromatic heterocycles. The number of hydrogen-bond donors (Lipinski definition) is 2. The molecule has 0 spiro atoms. The van der Waals surface area contributed by atoms with Gasteiger partial charge in [0.05, 0.1) is 11.7 Å². The van der Waals surface area contributed by atoms with Gasteiger partial charge in [0.1, 0.15) is 5.75 Å². The minimum Gasteiger partial charge on any atom is -0.478 e. The van der Waals surface area contributed by atoms with Gasteiger partial charge in [-0.25, -0.2) is 9.59 Å². The van der Waals surface area contributed by atoms with Gasteiger partial charge in [0, 0.05) is 30.8 Å². The quantitative estimate of drug-likeness (QED) is 0.730. The third-order valence-electron chi connectivity index (χ3n) is 5.09. The van der Waals surface area contributed by atoms with Gasteiger partial charge in [-0.1, -0.05) is 29.8 Å². The molecule has 0 bridgehead atoms. The number of carboxylic acid groups (broad SMARTS) is 2. The fraction of sp³-hybridized carbons (Fsp3) is 0.304. The van der Waals surface area contributed by atoms with E-state index in [1.54, 1.807) is 0 Å². The van der Waals surface area contributed by atoms with E-state index in [4.69, 9.17) is 14.9 Å². The van der Waals surface area contributed by atoms with Crippen molar-refractivity contribution in [1.29, 1.82) is 0 Å². The molecule has 0 aliphatic carbocycles. The van der Waals surface area contributed by atoms with E-state index < -0.39 is 11.9 Å².